The van der Waals surface area contributed by atoms with Crippen molar-refractivity contribution in [1.82, 2.24) is 0 Å². The molecule has 1 unspecified atom stereocenters. The molecule has 12 heavy (non-hydrogen) atoms. The van der Waals surface area contributed by atoms with Crippen molar-refractivity contribution in [3.05, 3.63) is 0 Å². The molecule has 0 heterocycles. The molecule has 64 valence electrons. The van der Waals surface area contributed by atoms with Crippen molar-refractivity contribution in [3.63, 3.8) is 0 Å². The summed E-state index contributed by atoms with van der Waals surface area (Å²) < 4.78 is 0. The molecule has 2 aliphatic carbocycles. The molecule has 0 N–H and O–H groups in total. The highest BCUT2D eigenvalue weighted by Crippen LogP contribution is 2.55. The molecule has 0 amide bonds. The molecular formula is C11H14O. The van der Waals surface area contributed by atoms with Gasteiger partial charge in [0.1, 0.15) is 5.78 Å². The molecule has 2 aliphatic rings. The number of Topliss-reactive ketones (excluding diaryl/α,β-unsaturated/α-hetero) is 1. The van der Waals surface area contributed by atoms with Crippen molar-refractivity contribution in [2.45, 2.75) is 32.6 Å². The normalized spacial score (nSPS) is 45.8. The fourth-order valence-corrected chi connectivity index (χ4v) is 2.88. The first-order valence-electron chi connectivity index (χ1n) is 4.68. The first kappa shape index (κ1) is 7.86. The summed E-state index contributed by atoms with van der Waals surface area (Å²) in [7, 11) is 0. The Balaban J connectivity index is 2.20. The van der Waals surface area contributed by atoms with Gasteiger partial charge in [-0.05, 0) is 32.1 Å². The van der Waals surface area contributed by atoms with Crippen molar-refractivity contribution in [2.24, 2.45) is 17.3 Å². The molecule has 1 heteroatoms. The van der Waals surface area contributed by atoms with Crippen LogP contribution in [0, 0.1) is 29.6 Å². The van der Waals surface area contributed by atoms with Gasteiger partial charge in [-0.1, -0.05) is 5.92 Å². The zero-order valence-electron chi connectivity index (χ0n) is 7.47. The topological polar surface area (TPSA) is 17.1 Å². The average molecular weight is 162 g/mol. The van der Waals surface area contributed by atoms with Gasteiger partial charge in [0.25, 0.3) is 0 Å². The minimum atomic E-state index is -0.0951. The predicted molar refractivity (Wildman–Crippen MR) is 47.4 cm³/mol. The monoisotopic (exact) mass is 162 g/mol. The van der Waals surface area contributed by atoms with Gasteiger partial charge in [-0.25, -0.2) is 0 Å². The van der Waals surface area contributed by atoms with Crippen molar-refractivity contribution >= 4 is 5.78 Å². The van der Waals surface area contributed by atoms with Gasteiger partial charge in [0.05, 0.1) is 0 Å². The van der Waals surface area contributed by atoms with Gasteiger partial charge in [0.2, 0.25) is 0 Å². The van der Waals surface area contributed by atoms with Crippen LogP contribution in [0.2, 0.25) is 0 Å². The molecule has 0 spiro atoms. The largest absolute Gasteiger partial charge is 0.299 e. The lowest BCUT2D eigenvalue weighted by atomic mass is 9.50. The SMILES string of the molecule is C#CC1(C)C[C@@H]2CCCC(=O)[C@@H]21. The number of fused-ring (bicyclic) bond motifs is 1. The molecule has 0 aliphatic heterocycles. The third kappa shape index (κ3) is 0.843. The van der Waals surface area contributed by atoms with Crippen LogP contribution < -0.4 is 0 Å². The van der Waals surface area contributed by atoms with Crippen LogP contribution in [-0.2, 0) is 4.79 Å². The van der Waals surface area contributed by atoms with Crippen LogP contribution >= 0.6 is 0 Å². The minimum absolute atomic E-state index is 0.0951. The number of ketones is 1. The van der Waals surface area contributed by atoms with Gasteiger partial charge in [-0.3, -0.25) is 4.79 Å². The Morgan fingerprint density at radius 1 is 1.67 bits per heavy atom. The maximum Gasteiger partial charge on any atom is 0.137 e. The van der Waals surface area contributed by atoms with Gasteiger partial charge < -0.3 is 0 Å². The molecule has 2 fully saturated rings. The fourth-order valence-electron chi connectivity index (χ4n) is 2.88. The maximum absolute atomic E-state index is 11.5. The molecule has 1 nitrogen and oxygen atoms in total. The minimum Gasteiger partial charge on any atom is -0.299 e. The first-order valence-corrected chi connectivity index (χ1v) is 4.68. The summed E-state index contributed by atoms with van der Waals surface area (Å²) in [4.78, 5) is 11.5. The van der Waals surface area contributed by atoms with E-state index in [-0.39, 0.29) is 11.3 Å². The van der Waals surface area contributed by atoms with E-state index in [1.807, 2.05) is 0 Å². The Morgan fingerprint density at radius 3 is 3.00 bits per heavy atom. The van der Waals surface area contributed by atoms with Crippen molar-refractivity contribution in [1.29, 1.82) is 0 Å². The molecule has 0 aromatic heterocycles. The number of carbonyl (C=O) groups is 1. The molecule has 0 aromatic carbocycles. The summed E-state index contributed by atoms with van der Waals surface area (Å²) in [6.07, 6.45) is 9.57. The summed E-state index contributed by atoms with van der Waals surface area (Å²) in [6, 6.07) is 0. The van der Waals surface area contributed by atoms with E-state index in [1.165, 1.54) is 6.42 Å². The van der Waals surface area contributed by atoms with Gasteiger partial charge in [0, 0.05) is 17.8 Å². The van der Waals surface area contributed by atoms with E-state index >= 15 is 0 Å². The highest BCUT2D eigenvalue weighted by atomic mass is 16.1. The summed E-state index contributed by atoms with van der Waals surface area (Å²) in [5, 5.41) is 0. The van der Waals surface area contributed by atoms with Crippen LogP contribution in [0.5, 0.6) is 0 Å². The van der Waals surface area contributed by atoms with Crippen LogP contribution in [0.25, 0.3) is 0 Å². The zero-order chi connectivity index (χ0) is 8.77. The number of terminal acetylenes is 1. The molecular weight excluding hydrogens is 148 g/mol. The van der Waals surface area contributed by atoms with Crippen molar-refractivity contribution in [2.75, 3.05) is 0 Å². The van der Waals surface area contributed by atoms with Crippen LogP contribution in [0.3, 0.4) is 0 Å². The van der Waals surface area contributed by atoms with Gasteiger partial charge in [-0.2, -0.15) is 0 Å². The van der Waals surface area contributed by atoms with Crippen molar-refractivity contribution < 1.29 is 4.79 Å². The van der Waals surface area contributed by atoms with E-state index in [4.69, 9.17) is 6.42 Å². The molecule has 0 aromatic rings. The molecule has 2 saturated carbocycles. The lowest BCUT2D eigenvalue weighted by Gasteiger charge is -2.51. The third-order valence-electron chi connectivity index (χ3n) is 3.52. The van der Waals surface area contributed by atoms with Crippen molar-refractivity contribution in [3.8, 4) is 12.3 Å². The van der Waals surface area contributed by atoms with Gasteiger partial charge in [-0.15, -0.1) is 6.42 Å². The maximum atomic E-state index is 11.5. The summed E-state index contributed by atoms with van der Waals surface area (Å²) in [5.74, 6) is 4.02. The Kier molecular flexibility index (Phi) is 1.54. The number of hydrogen-bond acceptors (Lipinski definition) is 1. The van der Waals surface area contributed by atoms with E-state index in [9.17, 15) is 4.79 Å². The molecule has 3 atom stereocenters. The highest BCUT2D eigenvalue weighted by Gasteiger charge is 2.53. The Morgan fingerprint density at radius 2 is 2.42 bits per heavy atom. The molecule has 0 bridgehead atoms. The van der Waals surface area contributed by atoms with E-state index in [0.717, 1.165) is 19.3 Å². The van der Waals surface area contributed by atoms with Crippen LogP contribution in [0.1, 0.15) is 32.6 Å². The predicted octanol–water partition coefficient (Wildman–Crippen LogP) is 2.01. The quantitative estimate of drug-likeness (QED) is 0.498. The number of hydrogen-bond donors (Lipinski definition) is 0. The standard InChI is InChI=1S/C11H14O/c1-3-11(2)7-8-5-4-6-9(12)10(8)11/h1,8,10H,4-7H2,2H3/t8-,10+,11?/m0/s1. The van der Waals surface area contributed by atoms with Crippen LogP contribution in [0.15, 0.2) is 0 Å². The van der Waals surface area contributed by atoms with E-state index in [0.29, 0.717) is 11.7 Å². The number of rotatable bonds is 0. The second-order valence-electron chi connectivity index (χ2n) is 4.36. The zero-order valence-corrected chi connectivity index (χ0v) is 7.47. The molecule has 0 saturated heterocycles. The first-order chi connectivity index (χ1) is 5.67. The molecule has 0 radical (unpaired) electrons. The Labute approximate surface area is 73.5 Å². The summed E-state index contributed by atoms with van der Waals surface area (Å²) in [5.41, 5.74) is -0.0951. The van der Waals surface area contributed by atoms with Gasteiger partial charge >= 0.3 is 0 Å². The second-order valence-corrected chi connectivity index (χ2v) is 4.36. The van der Waals surface area contributed by atoms with Gasteiger partial charge in [0.15, 0.2) is 0 Å². The average Bonchev–Trinajstić information content (AvgIpc) is 2.01. The number of carbonyl (C=O) groups excluding carboxylic acids is 1. The fraction of sp³-hybridized carbons (Fsp3) is 0.727. The smallest absolute Gasteiger partial charge is 0.137 e. The lowest BCUT2D eigenvalue weighted by Crippen LogP contribution is -2.51. The van der Waals surface area contributed by atoms with E-state index < -0.39 is 0 Å². The van der Waals surface area contributed by atoms with E-state index in [1.54, 1.807) is 0 Å². The Hall–Kier alpha value is -0.770. The Bertz CT molecular complexity index is 261. The van der Waals surface area contributed by atoms with E-state index in [2.05, 4.69) is 12.8 Å². The summed E-state index contributed by atoms with van der Waals surface area (Å²) in [6.45, 7) is 2.05. The second kappa shape index (κ2) is 2.36. The third-order valence-corrected chi connectivity index (χ3v) is 3.52. The van der Waals surface area contributed by atoms with Crippen LogP contribution in [0.4, 0.5) is 0 Å². The van der Waals surface area contributed by atoms with Crippen LogP contribution in [-0.4, -0.2) is 5.78 Å². The lowest BCUT2D eigenvalue weighted by molar-refractivity contribution is -0.139. The summed E-state index contributed by atoms with van der Waals surface area (Å²) >= 11 is 0. The highest BCUT2D eigenvalue weighted by molar-refractivity contribution is 5.84. The molecule has 2 rings (SSSR count).